The molecule has 0 aliphatic heterocycles. The van der Waals surface area contributed by atoms with Crippen LogP contribution in [-0.4, -0.2) is 5.75 Å². The van der Waals surface area contributed by atoms with Crippen molar-refractivity contribution in [1.82, 2.24) is 0 Å². The second kappa shape index (κ2) is 8.84. The van der Waals surface area contributed by atoms with E-state index in [1.54, 1.807) is 0 Å². The van der Waals surface area contributed by atoms with E-state index in [4.69, 9.17) is 0 Å². The van der Waals surface area contributed by atoms with Gasteiger partial charge in [-0.05, 0) is 30.4 Å². The van der Waals surface area contributed by atoms with Gasteiger partial charge in [0.05, 0.1) is 0 Å². The SMILES string of the molecule is CCCCCCCCSc1cc[c]cc1. The summed E-state index contributed by atoms with van der Waals surface area (Å²) in [5.41, 5.74) is 0. The van der Waals surface area contributed by atoms with Gasteiger partial charge in [-0.1, -0.05) is 51.2 Å². The number of thioether (sulfide) groups is 1. The zero-order valence-electron chi connectivity index (χ0n) is 9.67. The second-order valence-electron chi connectivity index (χ2n) is 3.85. The van der Waals surface area contributed by atoms with Gasteiger partial charge in [0.2, 0.25) is 0 Å². The lowest BCUT2D eigenvalue weighted by atomic mass is 10.1. The van der Waals surface area contributed by atoms with Gasteiger partial charge in [0.25, 0.3) is 0 Å². The monoisotopic (exact) mass is 221 g/mol. The van der Waals surface area contributed by atoms with Gasteiger partial charge in [0.15, 0.2) is 0 Å². The highest BCUT2D eigenvalue weighted by molar-refractivity contribution is 7.99. The molecule has 0 aromatic heterocycles. The second-order valence-corrected chi connectivity index (χ2v) is 5.02. The molecule has 0 aliphatic carbocycles. The molecule has 0 nitrogen and oxygen atoms in total. The van der Waals surface area contributed by atoms with Gasteiger partial charge in [-0.25, -0.2) is 0 Å². The number of hydrogen-bond donors (Lipinski definition) is 0. The Kier molecular flexibility index (Phi) is 7.45. The van der Waals surface area contributed by atoms with Gasteiger partial charge < -0.3 is 0 Å². The summed E-state index contributed by atoms with van der Waals surface area (Å²) < 4.78 is 0. The van der Waals surface area contributed by atoms with Gasteiger partial charge in [0.1, 0.15) is 0 Å². The Bertz CT molecular complexity index is 230. The summed E-state index contributed by atoms with van der Waals surface area (Å²) in [5.74, 6) is 1.26. The molecule has 0 amide bonds. The summed E-state index contributed by atoms with van der Waals surface area (Å²) in [6, 6.07) is 11.3. The number of rotatable bonds is 8. The van der Waals surface area contributed by atoms with Crippen LogP contribution in [0.25, 0.3) is 0 Å². The Labute approximate surface area is 98.5 Å². The first-order chi connectivity index (χ1) is 7.43. The lowest BCUT2D eigenvalue weighted by Gasteiger charge is -2.01. The molecule has 1 radical (unpaired) electrons. The lowest BCUT2D eigenvalue weighted by Crippen LogP contribution is -1.82. The molecule has 0 spiro atoms. The molecule has 0 N–H and O–H groups in total. The Morgan fingerprint density at radius 3 is 2.40 bits per heavy atom. The molecule has 83 valence electrons. The summed E-state index contributed by atoms with van der Waals surface area (Å²) in [6.07, 6.45) is 8.33. The third kappa shape index (κ3) is 6.62. The van der Waals surface area contributed by atoms with Crippen LogP contribution in [0.5, 0.6) is 0 Å². The third-order valence-corrected chi connectivity index (χ3v) is 3.55. The molecule has 1 aromatic carbocycles. The molecule has 0 unspecified atom stereocenters. The molecule has 0 aliphatic rings. The molecule has 0 saturated carbocycles. The molecule has 0 bridgehead atoms. The van der Waals surface area contributed by atoms with E-state index in [1.165, 1.54) is 49.2 Å². The number of unbranched alkanes of at least 4 members (excludes halogenated alkanes) is 5. The first kappa shape index (κ1) is 12.6. The lowest BCUT2D eigenvalue weighted by molar-refractivity contribution is 0.627. The van der Waals surface area contributed by atoms with Crippen LogP contribution in [0.2, 0.25) is 0 Å². The van der Waals surface area contributed by atoms with E-state index >= 15 is 0 Å². The van der Waals surface area contributed by atoms with Gasteiger partial charge in [-0.15, -0.1) is 11.8 Å². The minimum atomic E-state index is 1.26. The van der Waals surface area contributed by atoms with Gasteiger partial charge in [0, 0.05) is 4.90 Å². The highest BCUT2D eigenvalue weighted by Gasteiger charge is 1.93. The van der Waals surface area contributed by atoms with Crippen LogP contribution in [0, 0.1) is 6.07 Å². The van der Waals surface area contributed by atoms with E-state index in [9.17, 15) is 0 Å². The summed E-state index contributed by atoms with van der Waals surface area (Å²) in [4.78, 5) is 1.38. The summed E-state index contributed by atoms with van der Waals surface area (Å²) in [7, 11) is 0. The average molecular weight is 221 g/mol. The van der Waals surface area contributed by atoms with E-state index in [0.717, 1.165) is 0 Å². The maximum atomic E-state index is 3.04. The van der Waals surface area contributed by atoms with Gasteiger partial charge >= 0.3 is 0 Å². The van der Waals surface area contributed by atoms with Crippen molar-refractivity contribution in [3.05, 3.63) is 30.3 Å². The first-order valence-electron chi connectivity index (χ1n) is 6.02. The highest BCUT2D eigenvalue weighted by atomic mass is 32.2. The fourth-order valence-electron chi connectivity index (χ4n) is 1.54. The Balaban J connectivity index is 1.93. The molecule has 0 atom stereocenters. The minimum absolute atomic E-state index is 1.26. The van der Waals surface area contributed by atoms with Crippen LogP contribution >= 0.6 is 11.8 Å². The van der Waals surface area contributed by atoms with Crippen LogP contribution in [0.4, 0.5) is 0 Å². The average Bonchev–Trinajstić information content (AvgIpc) is 2.29. The van der Waals surface area contributed by atoms with Crippen molar-refractivity contribution in [3.63, 3.8) is 0 Å². The van der Waals surface area contributed by atoms with Crippen molar-refractivity contribution >= 4 is 11.8 Å². The zero-order valence-corrected chi connectivity index (χ0v) is 10.5. The summed E-state index contributed by atoms with van der Waals surface area (Å²) >= 11 is 1.96. The first-order valence-corrected chi connectivity index (χ1v) is 7.01. The molecule has 15 heavy (non-hydrogen) atoms. The van der Waals surface area contributed by atoms with E-state index in [0.29, 0.717) is 0 Å². The molecular weight excluding hydrogens is 200 g/mol. The van der Waals surface area contributed by atoms with Crippen LogP contribution in [0.15, 0.2) is 29.2 Å². The normalized spacial score (nSPS) is 10.5. The minimum Gasteiger partial charge on any atom is -0.126 e. The van der Waals surface area contributed by atoms with Gasteiger partial charge in [-0.3, -0.25) is 0 Å². The van der Waals surface area contributed by atoms with Crippen LogP contribution in [0.1, 0.15) is 45.4 Å². The predicted octanol–water partition coefficient (Wildman–Crippen LogP) is 4.94. The Morgan fingerprint density at radius 2 is 1.67 bits per heavy atom. The zero-order chi connectivity index (χ0) is 10.8. The standard InChI is InChI=1S/C14H21S/c1-2-3-4-5-6-10-13-15-14-11-8-7-9-12-14/h8-9,11-12H,2-6,10,13H2,1H3. The van der Waals surface area contributed by atoms with Crippen LogP contribution in [0.3, 0.4) is 0 Å². The predicted molar refractivity (Wildman–Crippen MR) is 69.4 cm³/mol. The largest absolute Gasteiger partial charge is 0.126 e. The van der Waals surface area contributed by atoms with Crippen molar-refractivity contribution in [2.45, 2.75) is 50.3 Å². The van der Waals surface area contributed by atoms with Crippen LogP contribution < -0.4 is 0 Å². The Morgan fingerprint density at radius 1 is 1.00 bits per heavy atom. The van der Waals surface area contributed by atoms with Crippen molar-refractivity contribution < 1.29 is 0 Å². The fraction of sp³-hybridized carbons (Fsp3) is 0.571. The molecule has 1 rings (SSSR count). The third-order valence-electron chi connectivity index (χ3n) is 2.45. The van der Waals surface area contributed by atoms with E-state index in [2.05, 4.69) is 25.1 Å². The summed E-state index contributed by atoms with van der Waals surface area (Å²) in [5, 5.41) is 0. The molecule has 0 fully saturated rings. The quantitative estimate of drug-likeness (QED) is 0.442. The molecular formula is C14H21S. The maximum Gasteiger partial charge on any atom is 0.00723 e. The van der Waals surface area contributed by atoms with Crippen molar-refractivity contribution in [2.75, 3.05) is 5.75 Å². The molecule has 1 heteroatoms. The Hall–Kier alpha value is -0.430. The van der Waals surface area contributed by atoms with E-state index in [1.807, 2.05) is 23.9 Å². The molecule has 1 aromatic rings. The van der Waals surface area contributed by atoms with E-state index in [-0.39, 0.29) is 0 Å². The number of hydrogen-bond acceptors (Lipinski definition) is 1. The van der Waals surface area contributed by atoms with Crippen molar-refractivity contribution in [1.29, 1.82) is 0 Å². The smallest absolute Gasteiger partial charge is 0.00723 e. The summed E-state index contributed by atoms with van der Waals surface area (Å²) in [6.45, 7) is 2.27. The highest BCUT2D eigenvalue weighted by Crippen LogP contribution is 2.19. The fourth-order valence-corrected chi connectivity index (χ4v) is 2.45. The van der Waals surface area contributed by atoms with Crippen molar-refractivity contribution in [3.8, 4) is 0 Å². The molecule has 0 saturated heterocycles. The van der Waals surface area contributed by atoms with Gasteiger partial charge in [-0.2, -0.15) is 0 Å². The molecule has 0 heterocycles. The number of benzene rings is 1. The van der Waals surface area contributed by atoms with Crippen LogP contribution in [-0.2, 0) is 0 Å². The van der Waals surface area contributed by atoms with E-state index < -0.39 is 0 Å². The topological polar surface area (TPSA) is 0 Å². The maximum absolute atomic E-state index is 3.04. The van der Waals surface area contributed by atoms with Crippen molar-refractivity contribution in [2.24, 2.45) is 0 Å².